The first kappa shape index (κ1) is 16.3. The van der Waals surface area contributed by atoms with E-state index < -0.39 is 0 Å². The standard InChI is InChI=1S/C21H28O3/c1-12(22)15-4-5-16-19-17(7-9-21(15,16)3)20(2)8-6-14(23)10-13(20)11-18(19)24/h6,8,10,15-19,24H,4-5,7,9,11H2,1-3H3/t15-,16+,17+,18+,19+,20+,21-/m1/s1. The maximum Gasteiger partial charge on any atom is 0.178 e. The lowest BCUT2D eigenvalue weighted by atomic mass is 9.47. The molecular formula is C21H28O3. The average Bonchev–Trinajstić information content (AvgIpc) is 2.86. The number of fused-ring (bicyclic) bond motifs is 5. The number of hydrogen-bond donors (Lipinski definition) is 1. The van der Waals surface area contributed by atoms with Crippen molar-refractivity contribution in [3.8, 4) is 0 Å². The number of aliphatic hydroxyl groups is 1. The van der Waals surface area contributed by atoms with Gasteiger partial charge in [-0.3, -0.25) is 9.59 Å². The second-order valence-corrected chi connectivity index (χ2v) is 9.03. The van der Waals surface area contributed by atoms with Crippen molar-refractivity contribution in [2.75, 3.05) is 0 Å². The molecule has 0 aliphatic heterocycles. The summed E-state index contributed by atoms with van der Waals surface area (Å²) in [5, 5.41) is 11.0. The second kappa shape index (κ2) is 5.14. The van der Waals surface area contributed by atoms with E-state index in [-0.39, 0.29) is 34.6 Å². The minimum absolute atomic E-state index is 0.0414. The number of hydrogen-bond acceptors (Lipinski definition) is 3. The molecule has 4 aliphatic rings. The molecule has 0 aromatic carbocycles. The third-order valence-corrected chi connectivity index (χ3v) is 8.07. The molecule has 3 saturated carbocycles. The molecule has 1 N–H and O–H groups in total. The van der Waals surface area contributed by atoms with Gasteiger partial charge in [0.25, 0.3) is 0 Å². The molecule has 130 valence electrons. The molecule has 3 fully saturated rings. The summed E-state index contributed by atoms with van der Waals surface area (Å²) in [5.74, 6) is 1.56. The quantitative estimate of drug-likeness (QED) is 0.802. The van der Waals surface area contributed by atoms with Gasteiger partial charge in [-0.1, -0.05) is 25.5 Å². The molecule has 0 amide bonds. The van der Waals surface area contributed by atoms with Crippen molar-refractivity contribution in [3.63, 3.8) is 0 Å². The van der Waals surface area contributed by atoms with Crippen molar-refractivity contribution >= 4 is 11.6 Å². The van der Waals surface area contributed by atoms with Crippen LogP contribution >= 0.6 is 0 Å². The molecule has 7 atom stereocenters. The molecule has 24 heavy (non-hydrogen) atoms. The Balaban J connectivity index is 1.73. The third kappa shape index (κ3) is 2.00. The molecule has 4 rings (SSSR count). The zero-order chi connectivity index (χ0) is 17.3. The highest BCUT2D eigenvalue weighted by Crippen LogP contribution is 2.65. The lowest BCUT2D eigenvalue weighted by Gasteiger charge is -2.58. The van der Waals surface area contributed by atoms with Gasteiger partial charge in [-0.2, -0.15) is 0 Å². The highest BCUT2D eigenvalue weighted by molar-refractivity contribution is 6.01. The van der Waals surface area contributed by atoms with Gasteiger partial charge in [-0.15, -0.1) is 0 Å². The Labute approximate surface area is 144 Å². The second-order valence-electron chi connectivity index (χ2n) is 9.03. The summed E-state index contributed by atoms with van der Waals surface area (Å²) in [5.41, 5.74) is 1.04. The van der Waals surface area contributed by atoms with Crippen LogP contribution in [0.4, 0.5) is 0 Å². The zero-order valence-corrected chi connectivity index (χ0v) is 14.9. The van der Waals surface area contributed by atoms with E-state index in [0.29, 0.717) is 24.0 Å². The van der Waals surface area contributed by atoms with Crippen LogP contribution in [0.2, 0.25) is 0 Å². The third-order valence-electron chi connectivity index (χ3n) is 8.07. The smallest absolute Gasteiger partial charge is 0.178 e. The summed E-state index contributed by atoms with van der Waals surface area (Å²) in [7, 11) is 0. The van der Waals surface area contributed by atoms with Gasteiger partial charge in [0.1, 0.15) is 5.78 Å². The average molecular weight is 328 g/mol. The highest BCUT2D eigenvalue weighted by atomic mass is 16.3. The predicted octanol–water partition coefficient (Wildman–Crippen LogP) is 3.47. The molecule has 4 aliphatic carbocycles. The Morgan fingerprint density at radius 1 is 1.21 bits per heavy atom. The summed E-state index contributed by atoms with van der Waals surface area (Å²) in [6.45, 7) is 6.26. The molecule has 0 radical (unpaired) electrons. The van der Waals surface area contributed by atoms with Gasteiger partial charge in [0.15, 0.2) is 5.78 Å². The van der Waals surface area contributed by atoms with Crippen LogP contribution in [0.1, 0.15) is 52.9 Å². The van der Waals surface area contributed by atoms with Crippen LogP contribution in [0, 0.1) is 34.5 Å². The molecule has 0 spiro atoms. The lowest BCUT2D eigenvalue weighted by molar-refractivity contribution is -0.131. The fourth-order valence-corrected chi connectivity index (χ4v) is 6.84. The van der Waals surface area contributed by atoms with Crippen molar-refractivity contribution in [2.45, 2.75) is 59.0 Å². The number of Topliss-reactive ketones (excluding diaryl/α,β-unsaturated/α-hetero) is 1. The van der Waals surface area contributed by atoms with E-state index in [0.717, 1.165) is 31.3 Å². The monoisotopic (exact) mass is 328 g/mol. The largest absolute Gasteiger partial charge is 0.392 e. The molecule has 0 heterocycles. The summed E-state index contributed by atoms with van der Waals surface area (Å²) < 4.78 is 0. The molecule has 3 nitrogen and oxygen atoms in total. The fraction of sp³-hybridized carbons (Fsp3) is 0.714. The Morgan fingerprint density at radius 3 is 2.67 bits per heavy atom. The Hall–Kier alpha value is -1.22. The van der Waals surface area contributed by atoms with Gasteiger partial charge in [0.05, 0.1) is 6.10 Å². The predicted molar refractivity (Wildman–Crippen MR) is 92.2 cm³/mol. The van der Waals surface area contributed by atoms with E-state index in [4.69, 9.17) is 0 Å². The normalized spacial score (nSPS) is 49.9. The van der Waals surface area contributed by atoms with Crippen LogP contribution in [0.5, 0.6) is 0 Å². The van der Waals surface area contributed by atoms with Gasteiger partial charge < -0.3 is 5.11 Å². The van der Waals surface area contributed by atoms with E-state index in [1.807, 2.05) is 0 Å². The first-order chi connectivity index (χ1) is 11.3. The van der Waals surface area contributed by atoms with E-state index in [1.54, 1.807) is 19.1 Å². The molecular weight excluding hydrogens is 300 g/mol. The van der Waals surface area contributed by atoms with Crippen LogP contribution in [0.3, 0.4) is 0 Å². The Kier molecular flexibility index (Phi) is 3.48. The highest BCUT2D eigenvalue weighted by Gasteiger charge is 2.61. The number of aliphatic hydroxyl groups excluding tert-OH is 1. The first-order valence-corrected chi connectivity index (χ1v) is 9.40. The van der Waals surface area contributed by atoms with E-state index in [9.17, 15) is 14.7 Å². The molecule has 0 bridgehead atoms. The number of rotatable bonds is 1. The number of allylic oxidation sites excluding steroid dienone is 3. The van der Waals surface area contributed by atoms with Crippen LogP contribution in [0.25, 0.3) is 0 Å². The first-order valence-electron chi connectivity index (χ1n) is 9.40. The van der Waals surface area contributed by atoms with Gasteiger partial charge in [0, 0.05) is 11.3 Å². The van der Waals surface area contributed by atoms with Gasteiger partial charge in [-0.25, -0.2) is 0 Å². The lowest BCUT2D eigenvalue weighted by Crippen LogP contribution is -2.55. The topological polar surface area (TPSA) is 54.4 Å². The van der Waals surface area contributed by atoms with Crippen LogP contribution in [-0.4, -0.2) is 22.8 Å². The molecule has 3 heteroatoms. The van der Waals surface area contributed by atoms with Gasteiger partial charge >= 0.3 is 0 Å². The maximum absolute atomic E-state index is 12.2. The summed E-state index contributed by atoms with van der Waals surface area (Å²) in [6, 6.07) is 0. The molecule has 0 saturated heterocycles. The number of carbonyl (C=O) groups excluding carboxylic acids is 2. The van der Waals surface area contributed by atoms with Crippen molar-refractivity contribution in [1.82, 2.24) is 0 Å². The van der Waals surface area contributed by atoms with Crippen molar-refractivity contribution in [3.05, 3.63) is 23.8 Å². The fourth-order valence-electron chi connectivity index (χ4n) is 6.84. The Bertz CT molecular complexity index is 660. The van der Waals surface area contributed by atoms with E-state index in [2.05, 4.69) is 19.9 Å². The summed E-state index contributed by atoms with van der Waals surface area (Å²) in [4.78, 5) is 24.0. The van der Waals surface area contributed by atoms with Crippen molar-refractivity contribution in [1.29, 1.82) is 0 Å². The van der Waals surface area contributed by atoms with Crippen molar-refractivity contribution in [2.24, 2.45) is 34.5 Å². The molecule has 0 aromatic rings. The minimum atomic E-state index is -0.385. The minimum Gasteiger partial charge on any atom is -0.392 e. The molecule has 0 unspecified atom stereocenters. The Morgan fingerprint density at radius 2 is 1.96 bits per heavy atom. The van der Waals surface area contributed by atoms with Crippen LogP contribution in [0.15, 0.2) is 23.8 Å². The molecule has 0 aromatic heterocycles. The number of ketones is 2. The van der Waals surface area contributed by atoms with Crippen LogP contribution < -0.4 is 0 Å². The van der Waals surface area contributed by atoms with E-state index >= 15 is 0 Å². The maximum atomic E-state index is 12.2. The SMILES string of the molecule is CC(=O)[C@H]1CC[C@H]2[C@@H]3[C@@H](O)CC4=CC(=O)C=C[C@]4(C)[C@H]3CC[C@]12C. The zero-order valence-electron chi connectivity index (χ0n) is 14.9. The summed E-state index contributed by atoms with van der Waals surface area (Å²) >= 11 is 0. The van der Waals surface area contributed by atoms with Gasteiger partial charge in [0.2, 0.25) is 0 Å². The summed E-state index contributed by atoms with van der Waals surface area (Å²) in [6.07, 6.45) is 9.88. The van der Waals surface area contributed by atoms with Crippen molar-refractivity contribution < 1.29 is 14.7 Å². The van der Waals surface area contributed by atoms with Crippen LogP contribution in [-0.2, 0) is 9.59 Å². The van der Waals surface area contributed by atoms with E-state index in [1.165, 1.54) is 0 Å². The number of carbonyl (C=O) groups is 2. The van der Waals surface area contributed by atoms with Gasteiger partial charge in [-0.05, 0) is 74.3 Å².